The number of aryl methyl sites for hydroxylation is 2. The van der Waals surface area contributed by atoms with E-state index in [2.05, 4.69) is 15.3 Å². The molecule has 0 aliphatic rings. The first-order valence-corrected chi connectivity index (χ1v) is 11.1. The number of para-hydroxylation sites is 1. The van der Waals surface area contributed by atoms with Crippen molar-refractivity contribution in [2.24, 2.45) is 0 Å². The summed E-state index contributed by atoms with van der Waals surface area (Å²) in [5, 5.41) is 7.59. The molecule has 0 bridgehead atoms. The third-order valence-electron chi connectivity index (χ3n) is 4.27. The third-order valence-corrected chi connectivity index (χ3v) is 7.42. The Bertz CT molecular complexity index is 1160. The molecule has 0 N–H and O–H groups in total. The van der Waals surface area contributed by atoms with Crippen molar-refractivity contribution in [1.82, 2.24) is 20.0 Å². The lowest BCUT2D eigenvalue weighted by molar-refractivity contribution is 0.423. The van der Waals surface area contributed by atoms with Gasteiger partial charge in [-0.15, -0.1) is 16.4 Å². The number of alkyl halides is 1. The highest BCUT2D eigenvalue weighted by molar-refractivity contribution is 7.93. The van der Waals surface area contributed by atoms with E-state index < -0.39 is 15.3 Å². The molecule has 0 saturated heterocycles. The van der Waals surface area contributed by atoms with Gasteiger partial charge in [-0.3, -0.25) is 4.68 Å². The van der Waals surface area contributed by atoms with Crippen LogP contribution in [0.15, 0.2) is 65.1 Å². The predicted molar refractivity (Wildman–Crippen MR) is 105 cm³/mol. The fraction of sp³-hybridized carbons (Fsp3) is 0.211. The first-order valence-electron chi connectivity index (χ1n) is 8.71. The highest BCUT2D eigenvalue weighted by atomic mass is 32.2. The number of hydrogen-bond acceptors (Lipinski definition) is 6. The molecule has 0 aliphatic carbocycles. The molecule has 0 spiro atoms. The fourth-order valence-electron chi connectivity index (χ4n) is 2.84. The van der Waals surface area contributed by atoms with E-state index in [1.807, 2.05) is 30.3 Å². The third kappa shape index (κ3) is 3.81. The molecule has 0 fully saturated rings. The molecule has 1 unspecified atom stereocenters. The van der Waals surface area contributed by atoms with Crippen LogP contribution in [0, 0.1) is 0 Å². The average Bonchev–Trinajstić information content (AvgIpc) is 3.35. The van der Waals surface area contributed by atoms with Crippen molar-refractivity contribution < 1.29 is 12.8 Å². The lowest BCUT2D eigenvalue weighted by Gasteiger charge is -2.03. The van der Waals surface area contributed by atoms with Gasteiger partial charge in [-0.2, -0.15) is 0 Å². The number of rotatable bonds is 7. The summed E-state index contributed by atoms with van der Waals surface area (Å²) >= 11 is 0.951. The highest BCUT2D eigenvalue weighted by Gasteiger charge is 2.34. The van der Waals surface area contributed by atoms with Crippen molar-refractivity contribution in [3.05, 3.63) is 72.1 Å². The number of nitrogens with zero attached hydrogens (tertiary/aromatic N) is 4. The molecule has 2 aromatic carbocycles. The molecule has 2 heterocycles. The zero-order valence-electron chi connectivity index (χ0n) is 14.8. The molecule has 9 heteroatoms. The maximum atomic E-state index is 14.8. The minimum Gasteiger partial charge on any atom is -0.252 e. The number of thiazole rings is 1. The van der Waals surface area contributed by atoms with Gasteiger partial charge >= 0.3 is 0 Å². The van der Waals surface area contributed by atoms with Crippen LogP contribution in [0.2, 0.25) is 0 Å². The Labute approximate surface area is 165 Å². The number of halogens is 1. The van der Waals surface area contributed by atoms with Gasteiger partial charge in [0.25, 0.3) is 5.50 Å². The van der Waals surface area contributed by atoms with E-state index in [1.54, 1.807) is 24.3 Å². The van der Waals surface area contributed by atoms with E-state index in [0.29, 0.717) is 16.8 Å². The van der Waals surface area contributed by atoms with Crippen molar-refractivity contribution in [1.29, 1.82) is 0 Å². The van der Waals surface area contributed by atoms with Gasteiger partial charge in [0.1, 0.15) is 5.69 Å². The van der Waals surface area contributed by atoms with Crippen LogP contribution in [0.4, 0.5) is 4.39 Å². The number of fused-ring (bicyclic) bond motifs is 1. The van der Waals surface area contributed by atoms with Gasteiger partial charge in [0, 0.05) is 6.54 Å². The summed E-state index contributed by atoms with van der Waals surface area (Å²) in [5.41, 5.74) is -0.789. The van der Waals surface area contributed by atoms with Gasteiger partial charge in [-0.1, -0.05) is 47.7 Å². The standard InChI is InChI=1S/C19H17FN4O2S2/c20-18(28(25,26)19-21-15-10-4-5-11-17(15)27-19)16-13-24(23-22-16)12-6-9-14-7-2-1-3-8-14/h1-5,7-8,10-11,13,18H,6,9,12H2. The van der Waals surface area contributed by atoms with Crippen LogP contribution >= 0.6 is 11.3 Å². The molecule has 0 aliphatic heterocycles. The van der Waals surface area contributed by atoms with Crippen molar-refractivity contribution in [2.45, 2.75) is 29.2 Å². The van der Waals surface area contributed by atoms with Gasteiger partial charge < -0.3 is 0 Å². The van der Waals surface area contributed by atoms with E-state index in [1.165, 1.54) is 16.4 Å². The summed E-state index contributed by atoms with van der Waals surface area (Å²) in [5.74, 6) is 0. The Morgan fingerprint density at radius 1 is 1.07 bits per heavy atom. The molecule has 1 atom stereocenters. The lowest BCUT2D eigenvalue weighted by atomic mass is 10.1. The van der Waals surface area contributed by atoms with Crippen LogP contribution < -0.4 is 0 Å². The summed E-state index contributed by atoms with van der Waals surface area (Å²) < 4.78 is 41.9. The molecule has 0 saturated carbocycles. The van der Waals surface area contributed by atoms with E-state index in [9.17, 15) is 12.8 Å². The van der Waals surface area contributed by atoms with Crippen LogP contribution in [-0.4, -0.2) is 28.4 Å². The Morgan fingerprint density at radius 3 is 2.61 bits per heavy atom. The van der Waals surface area contributed by atoms with Gasteiger partial charge in [0.05, 0.1) is 16.4 Å². The average molecular weight is 417 g/mol. The van der Waals surface area contributed by atoms with Crippen molar-refractivity contribution in [3.63, 3.8) is 0 Å². The number of aromatic nitrogens is 4. The Balaban J connectivity index is 1.46. The Hall–Kier alpha value is -2.65. The van der Waals surface area contributed by atoms with Crippen molar-refractivity contribution in [2.75, 3.05) is 0 Å². The first-order chi connectivity index (χ1) is 13.5. The van der Waals surface area contributed by atoms with Crippen molar-refractivity contribution in [3.8, 4) is 0 Å². The lowest BCUT2D eigenvalue weighted by Crippen LogP contribution is -2.09. The van der Waals surface area contributed by atoms with E-state index in [0.717, 1.165) is 24.2 Å². The van der Waals surface area contributed by atoms with E-state index >= 15 is 0 Å². The molecule has 144 valence electrons. The molecule has 6 nitrogen and oxygen atoms in total. The molecule has 2 aromatic heterocycles. The summed E-state index contributed by atoms with van der Waals surface area (Å²) in [6.07, 6.45) is 2.98. The number of hydrogen-bond donors (Lipinski definition) is 0. The zero-order valence-corrected chi connectivity index (χ0v) is 16.4. The molecule has 0 amide bonds. The predicted octanol–water partition coefficient (Wildman–Crippen LogP) is 3.96. The zero-order chi connectivity index (χ0) is 19.6. The number of benzene rings is 2. The normalized spacial score (nSPS) is 13.0. The van der Waals surface area contributed by atoms with Crippen molar-refractivity contribution >= 4 is 31.4 Å². The van der Waals surface area contributed by atoms with Gasteiger partial charge in [0.2, 0.25) is 14.2 Å². The quantitative estimate of drug-likeness (QED) is 0.456. The monoisotopic (exact) mass is 416 g/mol. The minimum atomic E-state index is -4.28. The molecule has 4 rings (SSSR count). The second-order valence-electron chi connectivity index (χ2n) is 6.30. The van der Waals surface area contributed by atoms with Gasteiger partial charge in [-0.25, -0.2) is 17.8 Å². The Kier molecular flexibility index (Phi) is 5.19. The van der Waals surface area contributed by atoms with Crippen LogP contribution in [-0.2, 0) is 22.8 Å². The van der Waals surface area contributed by atoms with E-state index in [-0.39, 0.29) is 10.0 Å². The minimum absolute atomic E-state index is 0.223. The molecule has 0 radical (unpaired) electrons. The first kappa shape index (κ1) is 18.7. The van der Waals surface area contributed by atoms with Crippen LogP contribution in [0.25, 0.3) is 10.2 Å². The summed E-state index contributed by atoms with van der Waals surface area (Å²) in [7, 11) is -4.28. The van der Waals surface area contributed by atoms with Gasteiger partial charge in [-0.05, 0) is 30.5 Å². The second-order valence-corrected chi connectivity index (χ2v) is 9.48. The SMILES string of the molecule is O=S(=O)(c1nc2ccccc2s1)C(F)c1cn(CCCc2ccccc2)nn1. The Morgan fingerprint density at radius 2 is 1.82 bits per heavy atom. The second kappa shape index (κ2) is 7.76. The van der Waals surface area contributed by atoms with E-state index in [4.69, 9.17) is 0 Å². The molecule has 28 heavy (non-hydrogen) atoms. The smallest absolute Gasteiger partial charge is 0.252 e. The van der Waals surface area contributed by atoms with Crippen LogP contribution in [0.5, 0.6) is 0 Å². The molecular formula is C19H17FN4O2S2. The molecular weight excluding hydrogens is 399 g/mol. The topological polar surface area (TPSA) is 77.7 Å². The van der Waals surface area contributed by atoms with Crippen LogP contribution in [0.1, 0.15) is 23.2 Å². The highest BCUT2D eigenvalue weighted by Crippen LogP contribution is 2.33. The van der Waals surface area contributed by atoms with Crippen LogP contribution in [0.3, 0.4) is 0 Å². The largest absolute Gasteiger partial charge is 0.252 e. The summed E-state index contributed by atoms with van der Waals surface area (Å²) in [6, 6.07) is 17.0. The maximum Gasteiger partial charge on any atom is 0.252 e. The molecule has 4 aromatic rings. The number of sulfone groups is 1. The summed E-state index contributed by atoms with van der Waals surface area (Å²) in [4.78, 5) is 4.06. The maximum absolute atomic E-state index is 14.8. The van der Waals surface area contributed by atoms with Gasteiger partial charge in [0.15, 0.2) is 0 Å². The fourth-order valence-corrected chi connectivity index (χ4v) is 5.35. The summed E-state index contributed by atoms with van der Waals surface area (Å²) in [6.45, 7) is 0.524.